The predicted molar refractivity (Wildman–Crippen MR) is 116 cm³/mol. The topological polar surface area (TPSA) is 110 Å². The highest BCUT2D eigenvalue weighted by atomic mass is 16.5. The van der Waals surface area contributed by atoms with Crippen molar-refractivity contribution in [3.63, 3.8) is 0 Å². The number of carbonyl (C=O) groups excluding carboxylic acids is 3. The summed E-state index contributed by atoms with van der Waals surface area (Å²) in [6.45, 7) is 4.20. The molecule has 0 aromatic carbocycles. The van der Waals surface area contributed by atoms with Crippen LogP contribution in [-0.2, 0) is 23.9 Å². The first kappa shape index (κ1) is 23.0. The van der Waals surface area contributed by atoms with Crippen LogP contribution in [0.2, 0.25) is 0 Å². The van der Waals surface area contributed by atoms with Gasteiger partial charge in [0.2, 0.25) is 5.91 Å². The summed E-state index contributed by atoms with van der Waals surface area (Å²) in [6.07, 6.45) is 9.50. The fraction of sp³-hybridized carbons (Fsp3) is 0.760. The lowest BCUT2D eigenvalue weighted by molar-refractivity contribution is -0.160. The number of aliphatic carboxylic acids is 1. The van der Waals surface area contributed by atoms with Crippen molar-refractivity contribution in [2.24, 2.45) is 28.6 Å². The smallest absolute Gasteiger partial charge is 0.322 e. The highest BCUT2D eigenvalue weighted by Gasteiger charge is 2.59. The minimum absolute atomic E-state index is 0.0327. The van der Waals surface area contributed by atoms with Crippen molar-refractivity contribution in [1.82, 2.24) is 5.32 Å². The van der Waals surface area contributed by atoms with E-state index in [9.17, 15) is 19.2 Å². The van der Waals surface area contributed by atoms with E-state index in [4.69, 9.17) is 9.84 Å². The molecule has 7 heteroatoms. The molecule has 32 heavy (non-hydrogen) atoms. The lowest BCUT2D eigenvalue weighted by Crippen LogP contribution is -2.51. The molecule has 6 atom stereocenters. The summed E-state index contributed by atoms with van der Waals surface area (Å²) in [5, 5.41) is 10.9. The van der Waals surface area contributed by atoms with Gasteiger partial charge in [-0.25, -0.2) is 0 Å². The Balaban J connectivity index is 1.37. The fourth-order valence-corrected chi connectivity index (χ4v) is 7.40. The summed E-state index contributed by atoms with van der Waals surface area (Å²) >= 11 is 0. The summed E-state index contributed by atoms with van der Waals surface area (Å²) in [5.74, 6) is 0.0628. The van der Waals surface area contributed by atoms with Crippen LogP contribution in [0.25, 0.3) is 0 Å². The Labute approximate surface area is 189 Å². The lowest BCUT2D eigenvalue weighted by atomic mass is 9.47. The Morgan fingerprint density at radius 3 is 2.59 bits per heavy atom. The molecule has 4 rings (SSSR count). The van der Waals surface area contributed by atoms with E-state index in [2.05, 4.69) is 19.2 Å². The predicted octanol–water partition coefficient (Wildman–Crippen LogP) is 3.41. The normalized spacial score (nSPS) is 38.1. The van der Waals surface area contributed by atoms with Crippen molar-refractivity contribution in [3.8, 4) is 0 Å². The Kier molecular flexibility index (Phi) is 6.21. The zero-order valence-corrected chi connectivity index (χ0v) is 19.2. The van der Waals surface area contributed by atoms with Crippen molar-refractivity contribution in [1.29, 1.82) is 0 Å². The standard InChI is InChI=1S/C25H35NO6/c1-24-11-9-16(27)13-15(24)3-4-17-18-5-6-20(25(18,2)12-10-19(17)24)32-23(31)8-7-21(28)26-14-22(29)30/h13,17-20H,3-12,14H2,1-2H3,(H,26,28)(H,29,30)/t17-,18+,19+,20+,24+,25+/m1/s1. The van der Waals surface area contributed by atoms with Gasteiger partial charge >= 0.3 is 11.9 Å². The summed E-state index contributed by atoms with van der Waals surface area (Å²) < 4.78 is 5.89. The van der Waals surface area contributed by atoms with Crippen LogP contribution in [-0.4, -0.2) is 41.4 Å². The van der Waals surface area contributed by atoms with Gasteiger partial charge in [-0.2, -0.15) is 0 Å². The molecule has 0 unspecified atom stereocenters. The van der Waals surface area contributed by atoms with Gasteiger partial charge in [-0.05, 0) is 74.2 Å². The van der Waals surface area contributed by atoms with E-state index in [1.165, 1.54) is 5.57 Å². The molecule has 0 aliphatic heterocycles. The highest BCUT2D eigenvalue weighted by Crippen LogP contribution is 2.65. The molecule has 0 heterocycles. The van der Waals surface area contributed by atoms with Crippen molar-refractivity contribution in [2.75, 3.05) is 6.54 Å². The van der Waals surface area contributed by atoms with Gasteiger partial charge in [0, 0.05) is 18.3 Å². The Morgan fingerprint density at radius 2 is 1.84 bits per heavy atom. The largest absolute Gasteiger partial charge is 0.480 e. The van der Waals surface area contributed by atoms with Crippen LogP contribution >= 0.6 is 0 Å². The van der Waals surface area contributed by atoms with Crippen LogP contribution in [0.3, 0.4) is 0 Å². The minimum Gasteiger partial charge on any atom is -0.480 e. The highest BCUT2D eigenvalue weighted by molar-refractivity contribution is 5.91. The van der Waals surface area contributed by atoms with Gasteiger partial charge in [-0.15, -0.1) is 0 Å². The zero-order valence-electron chi connectivity index (χ0n) is 19.2. The number of fused-ring (bicyclic) bond motifs is 5. The maximum absolute atomic E-state index is 12.5. The minimum atomic E-state index is -1.11. The Morgan fingerprint density at radius 1 is 1.06 bits per heavy atom. The number of carbonyl (C=O) groups is 4. The molecule has 3 fully saturated rings. The SMILES string of the molecule is C[C@]12CC[C@H]3[C@H](CCC4=CC(=O)CC[C@@]43C)[C@@H]1CC[C@@H]2OC(=O)CCC(=O)NCC(=O)O. The number of amides is 1. The van der Waals surface area contributed by atoms with Crippen LogP contribution in [0, 0.1) is 28.6 Å². The maximum atomic E-state index is 12.5. The molecule has 4 aliphatic rings. The van der Waals surface area contributed by atoms with E-state index in [1.807, 2.05) is 6.08 Å². The zero-order chi connectivity index (χ0) is 23.1. The van der Waals surface area contributed by atoms with Gasteiger partial charge in [0.05, 0.1) is 6.42 Å². The lowest BCUT2D eigenvalue weighted by Gasteiger charge is -2.57. The van der Waals surface area contributed by atoms with Gasteiger partial charge in [0.25, 0.3) is 0 Å². The molecule has 7 nitrogen and oxygen atoms in total. The van der Waals surface area contributed by atoms with Gasteiger partial charge in [0.15, 0.2) is 5.78 Å². The first-order chi connectivity index (χ1) is 15.1. The molecule has 176 valence electrons. The molecule has 2 N–H and O–H groups in total. The molecule has 4 aliphatic carbocycles. The summed E-state index contributed by atoms with van der Waals surface area (Å²) in [7, 11) is 0. The molecule has 0 aromatic heterocycles. The number of hydrogen-bond acceptors (Lipinski definition) is 5. The van der Waals surface area contributed by atoms with Crippen LogP contribution in [0.15, 0.2) is 11.6 Å². The number of carboxylic acids is 1. The van der Waals surface area contributed by atoms with E-state index >= 15 is 0 Å². The fourth-order valence-electron chi connectivity index (χ4n) is 7.40. The monoisotopic (exact) mass is 445 g/mol. The molecule has 0 aromatic rings. The molecule has 1 amide bonds. The van der Waals surface area contributed by atoms with Gasteiger partial charge in [-0.3, -0.25) is 19.2 Å². The van der Waals surface area contributed by atoms with Crippen molar-refractivity contribution < 1.29 is 29.0 Å². The summed E-state index contributed by atoms with van der Waals surface area (Å²) in [4.78, 5) is 46.7. The van der Waals surface area contributed by atoms with Crippen LogP contribution in [0.5, 0.6) is 0 Å². The van der Waals surface area contributed by atoms with E-state index < -0.39 is 18.4 Å². The summed E-state index contributed by atoms with van der Waals surface area (Å²) in [6, 6.07) is 0. The molecule has 3 saturated carbocycles. The quantitative estimate of drug-likeness (QED) is 0.607. The van der Waals surface area contributed by atoms with Gasteiger partial charge < -0.3 is 15.2 Å². The van der Waals surface area contributed by atoms with Gasteiger partial charge in [0.1, 0.15) is 12.6 Å². The third kappa shape index (κ3) is 4.11. The van der Waals surface area contributed by atoms with E-state index in [0.717, 1.165) is 44.9 Å². The first-order valence-corrected chi connectivity index (χ1v) is 12.1. The van der Waals surface area contributed by atoms with Crippen LogP contribution in [0.1, 0.15) is 78.1 Å². The molecule has 0 radical (unpaired) electrons. The van der Waals surface area contributed by atoms with Crippen molar-refractivity contribution >= 4 is 23.6 Å². The van der Waals surface area contributed by atoms with Crippen molar-refractivity contribution in [2.45, 2.75) is 84.2 Å². The number of allylic oxidation sites excluding steroid dienone is 1. The Hall–Kier alpha value is -2.18. The maximum Gasteiger partial charge on any atom is 0.322 e. The molecular weight excluding hydrogens is 410 g/mol. The second kappa shape index (κ2) is 8.64. The van der Waals surface area contributed by atoms with Crippen molar-refractivity contribution in [3.05, 3.63) is 11.6 Å². The number of nitrogens with one attached hydrogen (secondary N) is 1. The van der Waals surface area contributed by atoms with E-state index in [1.54, 1.807) is 0 Å². The molecule has 0 saturated heterocycles. The third-order valence-corrected chi connectivity index (χ3v) is 9.14. The Bertz CT molecular complexity index is 849. The number of rotatable bonds is 6. The number of ether oxygens (including phenoxy) is 1. The number of ketones is 1. The number of esters is 1. The first-order valence-electron chi connectivity index (χ1n) is 12.1. The number of hydrogen-bond donors (Lipinski definition) is 2. The second-order valence-corrected chi connectivity index (χ2v) is 10.7. The van der Waals surface area contributed by atoms with E-state index in [0.29, 0.717) is 24.2 Å². The third-order valence-electron chi connectivity index (χ3n) is 9.14. The average Bonchev–Trinajstić information content (AvgIpc) is 3.07. The van der Waals surface area contributed by atoms with Crippen LogP contribution < -0.4 is 5.32 Å². The molecule has 0 bridgehead atoms. The molecular formula is C25H35NO6. The average molecular weight is 446 g/mol. The van der Waals surface area contributed by atoms with Crippen LogP contribution in [0.4, 0.5) is 0 Å². The number of carboxylic acid groups (broad SMARTS) is 1. The van der Waals surface area contributed by atoms with Gasteiger partial charge in [-0.1, -0.05) is 19.4 Å². The second-order valence-electron chi connectivity index (χ2n) is 10.7. The molecule has 0 spiro atoms. The summed E-state index contributed by atoms with van der Waals surface area (Å²) in [5.41, 5.74) is 1.46. The van der Waals surface area contributed by atoms with E-state index in [-0.39, 0.29) is 41.5 Å².